The fourth-order valence-corrected chi connectivity index (χ4v) is 5.47. The van der Waals surface area contributed by atoms with Crippen molar-refractivity contribution in [3.05, 3.63) is 53.6 Å². The average molecular weight is 527 g/mol. The molecule has 0 radical (unpaired) electrons. The Labute approximate surface area is 223 Å². The van der Waals surface area contributed by atoms with Crippen LogP contribution >= 0.6 is 0 Å². The van der Waals surface area contributed by atoms with Crippen LogP contribution in [-0.4, -0.2) is 78.6 Å². The predicted molar refractivity (Wildman–Crippen MR) is 142 cm³/mol. The van der Waals surface area contributed by atoms with Crippen LogP contribution < -0.4 is 14.2 Å². The van der Waals surface area contributed by atoms with E-state index < -0.39 is 17.9 Å². The minimum atomic E-state index is -0.908. The van der Waals surface area contributed by atoms with Crippen molar-refractivity contribution in [3.8, 4) is 17.2 Å². The number of likely N-dealkylation sites (tertiary alicyclic amines) is 1. The molecule has 2 aromatic carbocycles. The molecule has 0 spiro atoms. The number of methoxy groups -OCH3 is 1. The third kappa shape index (κ3) is 6.22. The Morgan fingerprint density at radius 1 is 1.03 bits per heavy atom. The molecule has 9 nitrogen and oxygen atoms in total. The maximum atomic E-state index is 13.6. The van der Waals surface area contributed by atoms with E-state index in [-0.39, 0.29) is 31.8 Å². The first kappa shape index (κ1) is 27.7. The molecule has 3 atom stereocenters. The molecule has 38 heavy (non-hydrogen) atoms. The van der Waals surface area contributed by atoms with Gasteiger partial charge in [0.15, 0.2) is 11.5 Å². The number of benzene rings is 2. The summed E-state index contributed by atoms with van der Waals surface area (Å²) in [5, 5.41) is 19.7. The van der Waals surface area contributed by atoms with Gasteiger partial charge in [-0.2, -0.15) is 0 Å². The van der Waals surface area contributed by atoms with Crippen LogP contribution in [-0.2, 0) is 9.59 Å². The highest BCUT2D eigenvalue weighted by Gasteiger charge is 2.48. The van der Waals surface area contributed by atoms with Gasteiger partial charge in [-0.25, -0.2) is 0 Å². The van der Waals surface area contributed by atoms with Gasteiger partial charge in [-0.3, -0.25) is 14.5 Å². The lowest BCUT2D eigenvalue weighted by molar-refractivity contribution is -0.144. The molecule has 2 aromatic rings. The van der Waals surface area contributed by atoms with E-state index in [0.29, 0.717) is 43.3 Å². The summed E-state index contributed by atoms with van der Waals surface area (Å²) in [6, 6.07) is 12.5. The lowest BCUT2D eigenvalue weighted by Crippen LogP contribution is -2.42. The first-order valence-electron chi connectivity index (χ1n) is 13.4. The summed E-state index contributed by atoms with van der Waals surface area (Å²) in [5.41, 5.74) is 1.68. The number of carboxylic acids is 1. The fourth-order valence-electron chi connectivity index (χ4n) is 5.47. The third-order valence-electron chi connectivity index (χ3n) is 7.47. The van der Waals surface area contributed by atoms with Gasteiger partial charge in [0.25, 0.3) is 0 Å². The number of unbranched alkanes of at least 4 members (excludes halogenated alkanes) is 2. The monoisotopic (exact) mass is 526 g/mol. The van der Waals surface area contributed by atoms with Crippen LogP contribution in [0.3, 0.4) is 0 Å². The molecular weight excluding hydrogens is 488 g/mol. The van der Waals surface area contributed by atoms with E-state index in [9.17, 15) is 19.8 Å². The van der Waals surface area contributed by atoms with Crippen molar-refractivity contribution in [2.45, 2.75) is 44.6 Å². The molecule has 2 heterocycles. The minimum absolute atomic E-state index is 0.0228. The first-order valence-corrected chi connectivity index (χ1v) is 13.4. The normalized spacial score (nSPS) is 20.4. The smallest absolute Gasteiger partial charge is 0.309 e. The molecule has 0 aromatic heterocycles. The molecule has 1 amide bonds. The molecule has 1 saturated heterocycles. The number of nitrogens with zero attached hydrogens (tertiary/aromatic N) is 2. The van der Waals surface area contributed by atoms with Crippen LogP contribution in [0.25, 0.3) is 0 Å². The number of hydrogen-bond acceptors (Lipinski definition) is 7. The maximum Gasteiger partial charge on any atom is 0.309 e. The van der Waals surface area contributed by atoms with Crippen molar-refractivity contribution >= 4 is 11.9 Å². The molecule has 4 rings (SSSR count). The number of aliphatic hydroxyl groups is 1. The van der Waals surface area contributed by atoms with Crippen molar-refractivity contribution in [3.63, 3.8) is 0 Å². The number of carbonyl (C=O) groups excluding carboxylic acids is 1. The van der Waals surface area contributed by atoms with Crippen LogP contribution in [0.4, 0.5) is 0 Å². The largest absolute Gasteiger partial charge is 0.497 e. The van der Waals surface area contributed by atoms with Crippen LogP contribution in [0, 0.1) is 5.92 Å². The lowest BCUT2D eigenvalue weighted by Gasteiger charge is -2.30. The number of amides is 1. The predicted octanol–water partition coefficient (Wildman–Crippen LogP) is 3.67. The van der Waals surface area contributed by atoms with E-state index in [1.165, 1.54) is 0 Å². The second-order valence-corrected chi connectivity index (χ2v) is 9.90. The van der Waals surface area contributed by atoms with Crippen molar-refractivity contribution in [1.82, 2.24) is 9.80 Å². The van der Waals surface area contributed by atoms with Crippen LogP contribution in [0.1, 0.15) is 55.7 Å². The Kier molecular flexibility index (Phi) is 9.47. The second kappa shape index (κ2) is 13.0. The molecule has 1 fully saturated rings. The third-order valence-corrected chi connectivity index (χ3v) is 7.47. The highest BCUT2D eigenvalue weighted by atomic mass is 16.7. The molecule has 2 aliphatic rings. The van der Waals surface area contributed by atoms with Gasteiger partial charge >= 0.3 is 5.97 Å². The van der Waals surface area contributed by atoms with Crippen LogP contribution in [0.2, 0.25) is 0 Å². The van der Waals surface area contributed by atoms with E-state index in [1.54, 1.807) is 7.11 Å². The zero-order chi connectivity index (χ0) is 27.1. The molecule has 0 bridgehead atoms. The van der Waals surface area contributed by atoms with E-state index >= 15 is 0 Å². The summed E-state index contributed by atoms with van der Waals surface area (Å²) in [4.78, 5) is 30.2. The highest BCUT2D eigenvalue weighted by molar-refractivity contribution is 5.79. The summed E-state index contributed by atoms with van der Waals surface area (Å²) in [5.74, 6) is -0.109. The lowest BCUT2D eigenvalue weighted by atomic mass is 9.82. The van der Waals surface area contributed by atoms with Gasteiger partial charge in [-0.05, 0) is 54.7 Å². The van der Waals surface area contributed by atoms with Crippen molar-refractivity contribution in [2.24, 2.45) is 5.92 Å². The molecule has 9 heteroatoms. The van der Waals surface area contributed by atoms with Gasteiger partial charge in [-0.1, -0.05) is 31.5 Å². The SMILES string of the molecule is CCCCN(CCCCO)C(=O)CN1CC(c2ccc3c(c2)OCO3)C(C(=O)O)C1c1ccc(OC)cc1. The summed E-state index contributed by atoms with van der Waals surface area (Å²) >= 11 is 0. The summed E-state index contributed by atoms with van der Waals surface area (Å²) in [7, 11) is 1.59. The summed E-state index contributed by atoms with van der Waals surface area (Å²) < 4.78 is 16.3. The van der Waals surface area contributed by atoms with Gasteiger partial charge in [-0.15, -0.1) is 0 Å². The molecule has 0 aliphatic carbocycles. The molecule has 2 N–H and O–H groups in total. The van der Waals surface area contributed by atoms with E-state index in [0.717, 1.165) is 30.4 Å². The molecule has 3 unspecified atom stereocenters. The Morgan fingerprint density at radius 2 is 1.74 bits per heavy atom. The standard InChI is InChI=1S/C29H38N2O7/c1-3-4-13-30(14-5-6-15-32)26(33)18-31-17-23(21-9-12-24-25(16-21)38-19-37-24)27(29(34)35)28(31)20-7-10-22(36-2)11-8-20/h7-12,16,23,27-28,32H,3-6,13-15,17-19H2,1-2H3,(H,34,35). The number of aliphatic carboxylic acids is 1. The van der Waals surface area contributed by atoms with Gasteiger partial charge in [0, 0.05) is 38.2 Å². The number of carboxylic acid groups (broad SMARTS) is 1. The number of hydrogen-bond donors (Lipinski definition) is 2. The molecule has 0 saturated carbocycles. The van der Waals surface area contributed by atoms with Crippen LogP contribution in [0.15, 0.2) is 42.5 Å². The quantitative estimate of drug-likeness (QED) is 0.381. The number of carbonyl (C=O) groups is 2. The minimum Gasteiger partial charge on any atom is -0.497 e. The Balaban J connectivity index is 1.65. The Morgan fingerprint density at radius 3 is 2.42 bits per heavy atom. The number of rotatable bonds is 13. The van der Waals surface area contributed by atoms with Gasteiger partial charge in [0.1, 0.15) is 5.75 Å². The molecule has 206 valence electrons. The van der Waals surface area contributed by atoms with E-state index in [1.807, 2.05) is 52.3 Å². The number of ether oxygens (including phenoxy) is 3. The average Bonchev–Trinajstić information content (AvgIpc) is 3.55. The zero-order valence-electron chi connectivity index (χ0n) is 22.2. The van der Waals surface area contributed by atoms with Crippen molar-refractivity contribution < 1.29 is 34.0 Å². The number of fused-ring (bicyclic) bond motifs is 1. The molecule has 2 aliphatic heterocycles. The van der Waals surface area contributed by atoms with Crippen LogP contribution in [0.5, 0.6) is 17.2 Å². The topological polar surface area (TPSA) is 109 Å². The van der Waals surface area contributed by atoms with E-state index in [4.69, 9.17) is 14.2 Å². The first-order chi connectivity index (χ1) is 18.5. The van der Waals surface area contributed by atoms with Gasteiger partial charge in [0.05, 0.1) is 19.6 Å². The Hall–Kier alpha value is -3.30. The molecular formula is C29H38N2O7. The number of aliphatic hydroxyl groups excluding tert-OH is 1. The second-order valence-electron chi connectivity index (χ2n) is 9.90. The maximum absolute atomic E-state index is 13.6. The summed E-state index contributed by atoms with van der Waals surface area (Å²) in [6.45, 7) is 4.08. The Bertz CT molecular complexity index is 1090. The fraction of sp³-hybridized carbons (Fsp3) is 0.517. The van der Waals surface area contributed by atoms with Crippen molar-refractivity contribution in [2.75, 3.05) is 46.7 Å². The zero-order valence-corrected chi connectivity index (χ0v) is 22.2. The highest BCUT2D eigenvalue weighted by Crippen LogP contribution is 2.47. The van der Waals surface area contributed by atoms with Crippen molar-refractivity contribution in [1.29, 1.82) is 0 Å². The summed E-state index contributed by atoms with van der Waals surface area (Å²) in [6.07, 6.45) is 3.23. The van der Waals surface area contributed by atoms with E-state index in [2.05, 4.69) is 6.92 Å². The van der Waals surface area contributed by atoms with Gasteiger partial charge in [0.2, 0.25) is 12.7 Å². The van der Waals surface area contributed by atoms with Gasteiger partial charge < -0.3 is 29.3 Å².